The molecular weight excluding hydrogens is 482 g/mol. The highest BCUT2D eigenvalue weighted by Crippen LogP contribution is 2.64. The molecule has 1 unspecified atom stereocenters. The minimum absolute atomic E-state index is 0.0307. The molecule has 2 aliphatic carbocycles. The van der Waals surface area contributed by atoms with Crippen LogP contribution in [0.15, 0.2) is 42.5 Å². The van der Waals surface area contributed by atoms with Crippen LogP contribution >= 0.6 is 43.6 Å². The SMILES string of the molecule is O=C1C(Br)=C[C@@]23C[C@@H](NC4=C2C2=C5C(=[NH+]CC5CCN2)C4=O)SC3=C1Br. The van der Waals surface area contributed by atoms with Crippen molar-refractivity contribution < 1.29 is 14.6 Å². The molecule has 0 aromatic rings. The minimum atomic E-state index is -0.428. The third-order valence-electron chi connectivity index (χ3n) is 6.13. The molecule has 5 nitrogen and oxygen atoms in total. The lowest BCUT2D eigenvalue weighted by Crippen LogP contribution is -2.72. The van der Waals surface area contributed by atoms with Crippen LogP contribution in [0.1, 0.15) is 12.8 Å². The van der Waals surface area contributed by atoms with Crippen molar-refractivity contribution in [3.63, 3.8) is 0 Å². The lowest BCUT2D eigenvalue weighted by atomic mass is 9.66. The van der Waals surface area contributed by atoms with Crippen molar-refractivity contribution in [1.82, 2.24) is 10.6 Å². The number of fused-ring (bicyclic) bond motifs is 2. The fourth-order valence-corrected chi connectivity index (χ4v) is 8.27. The number of allylic oxidation sites excluding steroid dienone is 6. The van der Waals surface area contributed by atoms with E-state index < -0.39 is 5.41 Å². The molecule has 132 valence electrons. The quantitative estimate of drug-likeness (QED) is 0.432. The standard InChI is InChI=1S/C18H13Br2N3O2S/c19-7-3-18-4-8(26-17(18)11(20)15(7)24)23-14-10(18)12-9-6(1-2-21-12)5-22-13(9)16(14)25/h3,6,8,21,23H,1-2,4-5H2/p+1/t6?,8-,18+/m0/s1. The van der Waals surface area contributed by atoms with Gasteiger partial charge in [-0.1, -0.05) is 6.08 Å². The molecule has 6 aliphatic rings. The van der Waals surface area contributed by atoms with E-state index in [9.17, 15) is 9.59 Å². The molecule has 2 bridgehead atoms. The van der Waals surface area contributed by atoms with E-state index >= 15 is 0 Å². The lowest BCUT2D eigenvalue weighted by Gasteiger charge is -2.41. The fourth-order valence-electron chi connectivity index (χ4n) is 5.11. The second kappa shape index (κ2) is 5.02. The molecule has 0 aromatic heterocycles. The van der Waals surface area contributed by atoms with Crippen molar-refractivity contribution in [2.45, 2.75) is 18.2 Å². The Morgan fingerprint density at radius 3 is 2.92 bits per heavy atom. The summed E-state index contributed by atoms with van der Waals surface area (Å²) in [5.41, 5.74) is 4.27. The molecule has 26 heavy (non-hydrogen) atoms. The van der Waals surface area contributed by atoms with Crippen molar-refractivity contribution in [3.05, 3.63) is 42.5 Å². The van der Waals surface area contributed by atoms with E-state index in [0.717, 1.165) is 53.4 Å². The summed E-state index contributed by atoms with van der Waals surface area (Å²) < 4.78 is 1.17. The number of carbonyl (C=O) groups excluding carboxylic acids is 2. The molecule has 3 N–H and O–H groups in total. The minimum Gasteiger partial charge on any atom is -0.384 e. The van der Waals surface area contributed by atoms with Crippen LogP contribution in [0.25, 0.3) is 0 Å². The molecule has 6 rings (SSSR count). The summed E-state index contributed by atoms with van der Waals surface area (Å²) in [6, 6.07) is 0. The average molecular weight is 496 g/mol. The molecule has 1 saturated heterocycles. The molecule has 3 atom stereocenters. The second-order valence-corrected chi connectivity index (χ2v) is 10.3. The van der Waals surface area contributed by atoms with Gasteiger partial charge in [-0.05, 0) is 44.7 Å². The maximum atomic E-state index is 13.3. The molecule has 4 heterocycles. The molecule has 0 aromatic carbocycles. The van der Waals surface area contributed by atoms with Crippen molar-refractivity contribution in [2.75, 3.05) is 13.1 Å². The van der Waals surface area contributed by atoms with Gasteiger partial charge < -0.3 is 10.6 Å². The Kier molecular flexibility index (Phi) is 3.07. The van der Waals surface area contributed by atoms with Crippen LogP contribution in [0.5, 0.6) is 0 Å². The summed E-state index contributed by atoms with van der Waals surface area (Å²) in [6.07, 6.45) is 3.90. The van der Waals surface area contributed by atoms with E-state index in [-0.39, 0.29) is 16.9 Å². The van der Waals surface area contributed by atoms with Gasteiger partial charge in [0.25, 0.3) is 11.5 Å². The van der Waals surface area contributed by atoms with Gasteiger partial charge in [-0.15, -0.1) is 11.8 Å². The van der Waals surface area contributed by atoms with Gasteiger partial charge in [0.1, 0.15) is 6.54 Å². The zero-order valence-corrected chi connectivity index (χ0v) is 17.5. The maximum Gasteiger partial charge on any atom is 0.272 e. The fraction of sp³-hybridized carbons (Fsp3) is 0.389. The van der Waals surface area contributed by atoms with E-state index in [4.69, 9.17) is 0 Å². The summed E-state index contributed by atoms with van der Waals surface area (Å²) in [5.74, 6) is 0.418. The zero-order chi connectivity index (χ0) is 17.8. The van der Waals surface area contributed by atoms with Gasteiger partial charge in [0, 0.05) is 17.0 Å². The summed E-state index contributed by atoms with van der Waals surface area (Å²) in [7, 11) is 0. The van der Waals surface area contributed by atoms with Crippen molar-refractivity contribution in [1.29, 1.82) is 0 Å². The molecule has 1 spiro atoms. The van der Waals surface area contributed by atoms with E-state index in [0.29, 0.717) is 20.6 Å². The summed E-state index contributed by atoms with van der Waals surface area (Å²) >= 11 is 8.66. The van der Waals surface area contributed by atoms with Gasteiger partial charge in [-0.25, -0.2) is 4.99 Å². The largest absolute Gasteiger partial charge is 0.384 e. The van der Waals surface area contributed by atoms with Gasteiger partial charge in [0.15, 0.2) is 0 Å². The maximum absolute atomic E-state index is 13.3. The van der Waals surface area contributed by atoms with Crippen LogP contribution in [0.4, 0.5) is 0 Å². The Morgan fingerprint density at radius 2 is 2.08 bits per heavy atom. The van der Waals surface area contributed by atoms with E-state index in [2.05, 4.69) is 47.5 Å². The molecule has 4 aliphatic heterocycles. The Bertz CT molecular complexity index is 1010. The van der Waals surface area contributed by atoms with Crippen LogP contribution < -0.4 is 15.6 Å². The predicted molar refractivity (Wildman–Crippen MR) is 106 cm³/mol. The first kappa shape index (κ1) is 15.9. The topological polar surface area (TPSA) is 72.2 Å². The smallest absolute Gasteiger partial charge is 0.272 e. The second-order valence-electron chi connectivity index (χ2n) is 7.43. The number of Topliss-reactive ketones (excluding diaryl/α,β-unsaturated/α-hetero) is 2. The molecule has 0 saturated carbocycles. The number of thioether (sulfide) groups is 1. The Labute approximate surface area is 170 Å². The van der Waals surface area contributed by atoms with E-state index in [1.807, 2.05) is 6.08 Å². The number of hydrogen-bond donors (Lipinski definition) is 3. The molecule has 8 heteroatoms. The van der Waals surface area contributed by atoms with Gasteiger partial charge in [0.2, 0.25) is 5.78 Å². The normalized spacial score (nSPS) is 37.0. The predicted octanol–water partition coefficient (Wildman–Crippen LogP) is 0.743. The zero-order valence-electron chi connectivity index (χ0n) is 13.5. The van der Waals surface area contributed by atoms with Gasteiger partial charge in [-0.2, -0.15) is 0 Å². The van der Waals surface area contributed by atoms with Gasteiger partial charge >= 0.3 is 0 Å². The van der Waals surface area contributed by atoms with Crippen molar-refractivity contribution >= 4 is 60.9 Å². The monoisotopic (exact) mass is 494 g/mol. The van der Waals surface area contributed by atoms with Crippen LogP contribution in [-0.4, -0.2) is 35.7 Å². The van der Waals surface area contributed by atoms with Gasteiger partial charge in [-0.3, -0.25) is 9.59 Å². The van der Waals surface area contributed by atoms with Crippen LogP contribution in [-0.2, 0) is 9.59 Å². The highest BCUT2D eigenvalue weighted by molar-refractivity contribution is 9.13. The Balaban J connectivity index is 1.68. The highest BCUT2D eigenvalue weighted by Gasteiger charge is 2.59. The number of carbonyl (C=O) groups is 2. The van der Waals surface area contributed by atoms with Gasteiger partial charge in [0.05, 0.1) is 42.6 Å². The average Bonchev–Trinajstić information content (AvgIpc) is 3.18. The Morgan fingerprint density at radius 1 is 1.23 bits per heavy atom. The number of ketones is 2. The first-order valence-electron chi connectivity index (χ1n) is 8.67. The number of halogens is 2. The number of hydrogen-bond acceptors (Lipinski definition) is 5. The third kappa shape index (κ3) is 1.72. The molecular formula is C18H14Br2N3O2S+. The summed E-state index contributed by atoms with van der Waals surface area (Å²) in [5, 5.41) is 7.14. The highest BCUT2D eigenvalue weighted by atomic mass is 79.9. The Hall–Kier alpha value is -1.12. The van der Waals surface area contributed by atoms with Crippen LogP contribution in [0.2, 0.25) is 0 Å². The molecule has 0 radical (unpaired) electrons. The van der Waals surface area contributed by atoms with Crippen LogP contribution in [0.3, 0.4) is 0 Å². The van der Waals surface area contributed by atoms with Crippen molar-refractivity contribution in [2.24, 2.45) is 11.3 Å². The number of rotatable bonds is 0. The van der Waals surface area contributed by atoms with E-state index in [1.165, 1.54) is 0 Å². The third-order valence-corrected chi connectivity index (χ3v) is 9.11. The molecule has 1 fully saturated rings. The van der Waals surface area contributed by atoms with E-state index in [1.54, 1.807) is 11.8 Å². The summed E-state index contributed by atoms with van der Waals surface area (Å²) in [6.45, 7) is 1.73. The van der Waals surface area contributed by atoms with Crippen molar-refractivity contribution in [3.8, 4) is 0 Å². The van der Waals surface area contributed by atoms with Crippen LogP contribution in [0, 0.1) is 11.3 Å². The number of nitrogens with one attached hydrogen (secondary N) is 3. The first-order chi connectivity index (χ1) is 12.5. The first-order valence-corrected chi connectivity index (χ1v) is 11.1. The lowest BCUT2D eigenvalue weighted by molar-refractivity contribution is -0.452. The summed E-state index contributed by atoms with van der Waals surface area (Å²) in [4.78, 5) is 30.1. The molecule has 0 amide bonds.